The van der Waals surface area contributed by atoms with Gasteiger partial charge in [0, 0.05) is 12.8 Å². The van der Waals surface area contributed by atoms with Crippen molar-refractivity contribution in [3.63, 3.8) is 0 Å². The number of carbonyl (C=O) groups excluding carboxylic acids is 2. The Morgan fingerprint density at radius 1 is 0.615 bits per heavy atom. The largest absolute Gasteiger partial charge is 0.494 e. The predicted molar refractivity (Wildman–Crippen MR) is 210 cm³/mol. The van der Waals surface area contributed by atoms with Crippen molar-refractivity contribution in [1.29, 1.82) is 0 Å². The average Bonchev–Trinajstić information content (AvgIpc) is 3.17. The standard InChI is InChI=1S/C45H59NO6/c1-3-4-5-6-9-12-33-49-40-23-15-36(16-24-40)38-19-27-42(28-20-38)51-44(47)31-14-35(2)45(48)52-43-29-21-39(22-30-43)37-17-25-41(26-18-37)50-34-13-10-7-8-11-32-46/h15-19,21-27,29-30,35H,3-14,20,28,31-34,46H2,1-2H3. The van der Waals surface area contributed by atoms with Gasteiger partial charge in [-0.25, -0.2) is 0 Å². The highest BCUT2D eigenvalue weighted by molar-refractivity contribution is 5.77. The summed E-state index contributed by atoms with van der Waals surface area (Å²) in [6.07, 6.45) is 19.0. The van der Waals surface area contributed by atoms with Crippen LogP contribution in [0.2, 0.25) is 0 Å². The highest BCUT2D eigenvalue weighted by Crippen LogP contribution is 2.29. The second-order valence-electron chi connectivity index (χ2n) is 13.8. The van der Waals surface area contributed by atoms with Gasteiger partial charge in [0.05, 0.1) is 19.1 Å². The van der Waals surface area contributed by atoms with Crippen LogP contribution in [0.3, 0.4) is 0 Å². The van der Waals surface area contributed by atoms with Crippen molar-refractivity contribution in [1.82, 2.24) is 0 Å². The van der Waals surface area contributed by atoms with Crippen molar-refractivity contribution in [2.24, 2.45) is 11.7 Å². The fraction of sp³-hybridized carbons (Fsp3) is 0.467. The van der Waals surface area contributed by atoms with Gasteiger partial charge < -0.3 is 24.7 Å². The zero-order valence-electron chi connectivity index (χ0n) is 31.4. The van der Waals surface area contributed by atoms with Gasteiger partial charge in [-0.1, -0.05) is 108 Å². The Bertz CT molecular complexity index is 1540. The maximum atomic E-state index is 12.8. The normalized spacial score (nSPS) is 13.1. The molecule has 0 saturated carbocycles. The zero-order valence-corrected chi connectivity index (χ0v) is 31.4. The number of esters is 2. The van der Waals surface area contributed by atoms with Crippen molar-refractivity contribution in [2.45, 2.75) is 110 Å². The van der Waals surface area contributed by atoms with Gasteiger partial charge in [-0.2, -0.15) is 0 Å². The number of carbonyl (C=O) groups is 2. The summed E-state index contributed by atoms with van der Waals surface area (Å²) in [6.45, 7) is 6.24. The van der Waals surface area contributed by atoms with E-state index in [0.717, 1.165) is 73.4 Å². The van der Waals surface area contributed by atoms with Crippen molar-refractivity contribution >= 4 is 17.5 Å². The molecule has 0 saturated heterocycles. The molecule has 0 aliphatic heterocycles. The lowest BCUT2D eigenvalue weighted by molar-refractivity contribution is -0.141. The lowest BCUT2D eigenvalue weighted by Crippen LogP contribution is -2.19. The molecule has 0 aromatic heterocycles. The molecule has 0 amide bonds. The molecule has 1 atom stereocenters. The fourth-order valence-electron chi connectivity index (χ4n) is 6.07. The molecule has 0 radical (unpaired) electrons. The monoisotopic (exact) mass is 709 g/mol. The molecule has 3 aromatic rings. The summed E-state index contributed by atoms with van der Waals surface area (Å²) in [4.78, 5) is 25.4. The number of nitrogens with two attached hydrogens (primary N) is 1. The first-order chi connectivity index (χ1) is 25.4. The molecule has 7 heteroatoms. The molecule has 0 fully saturated rings. The molecule has 1 aliphatic rings. The van der Waals surface area contributed by atoms with E-state index in [1.54, 1.807) is 19.1 Å². The van der Waals surface area contributed by atoms with E-state index in [1.165, 1.54) is 50.5 Å². The third kappa shape index (κ3) is 14.7. The number of hydrogen-bond acceptors (Lipinski definition) is 7. The van der Waals surface area contributed by atoms with E-state index in [9.17, 15) is 9.59 Å². The summed E-state index contributed by atoms with van der Waals surface area (Å²) < 4.78 is 23.0. The van der Waals surface area contributed by atoms with Crippen LogP contribution in [0.15, 0.2) is 90.7 Å². The van der Waals surface area contributed by atoms with Gasteiger partial charge in [-0.15, -0.1) is 0 Å². The van der Waals surface area contributed by atoms with Crippen molar-refractivity contribution in [3.05, 3.63) is 96.3 Å². The van der Waals surface area contributed by atoms with Gasteiger partial charge in [0.15, 0.2) is 0 Å². The SMILES string of the molecule is CCCCCCCCOc1ccc(C2=CC=C(OC(=O)CCC(C)C(=O)Oc3ccc(-c4ccc(OCCCCCCCN)cc4)cc3)CC2)cc1. The molecule has 0 bridgehead atoms. The first-order valence-corrected chi connectivity index (χ1v) is 19.5. The van der Waals surface area contributed by atoms with Gasteiger partial charge in [0.25, 0.3) is 0 Å². The van der Waals surface area contributed by atoms with E-state index in [4.69, 9.17) is 24.7 Å². The van der Waals surface area contributed by atoms with Crippen LogP contribution in [0.25, 0.3) is 16.7 Å². The molecule has 7 nitrogen and oxygen atoms in total. The third-order valence-corrected chi connectivity index (χ3v) is 9.41. The van der Waals surface area contributed by atoms with E-state index < -0.39 is 5.92 Å². The molecular weight excluding hydrogens is 650 g/mol. The average molecular weight is 710 g/mol. The first kappa shape index (κ1) is 40.4. The van der Waals surface area contributed by atoms with Crippen LogP contribution in [0.4, 0.5) is 0 Å². The Morgan fingerprint density at radius 3 is 1.67 bits per heavy atom. The van der Waals surface area contributed by atoms with E-state index in [0.29, 0.717) is 31.0 Å². The van der Waals surface area contributed by atoms with E-state index >= 15 is 0 Å². The Hall–Kier alpha value is -4.36. The van der Waals surface area contributed by atoms with Crippen LogP contribution >= 0.6 is 0 Å². The van der Waals surface area contributed by atoms with Crippen molar-refractivity contribution in [2.75, 3.05) is 19.8 Å². The zero-order chi connectivity index (χ0) is 36.8. The maximum absolute atomic E-state index is 12.8. The topological polar surface area (TPSA) is 97.1 Å². The summed E-state index contributed by atoms with van der Waals surface area (Å²) >= 11 is 0. The summed E-state index contributed by atoms with van der Waals surface area (Å²) in [7, 11) is 0. The molecule has 1 unspecified atom stereocenters. The van der Waals surface area contributed by atoms with Gasteiger partial charge in [0.2, 0.25) is 0 Å². The van der Waals surface area contributed by atoms with Gasteiger partial charge in [-0.3, -0.25) is 9.59 Å². The quantitative estimate of drug-likeness (QED) is 0.0562. The smallest absolute Gasteiger partial charge is 0.314 e. The Kier molecular flexibility index (Phi) is 18.1. The minimum absolute atomic E-state index is 0.137. The summed E-state index contributed by atoms with van der Waals surface area (Å²) in [5, 5.41) is 0. The van der Waals surface area contributed by atoms with Crippen LogP contribution in [0, 0.1) is 5.92 Å². The Balaban J connectivity index is 1.12. The fourth-order valence-corrected chi connectivity index (χ4v) is 6.07. The minimum Gasteiger partial charge on any atom is -0.494 e. The number of unbranched alkanes of at least 4 members (excludes halogenated alkanes) is 9. The Morgan fingerprint density at radius 2 is 1.13 bits per heavy atom. The summed E-state index contributed by atoms with van der Waals surface area (Å²) in [5.74, 6) is 1.72. The molecule has 280 valence electrons. The second kappa shape index (κ2) is 23.3. The van der Waals surface area contributed by atoms with Crippen LogP contribution in [0.1, 0.15) is 116 Å². The molecule has 52 heavy (non-hydrogen) atoms. The molecule has 0 spiro atoms. The second-order valence-corrected chi connectivity index (χ2v) is 13.8. The number of hydrogen-bond donors (Lipinski definition) is 1. The molecule has 1 aliphatic carbocycles. The molecule has 0 heterocycles. The number of rotatable bonds is 24. The van der Waals surface area contributed by atoms with Crippen LogP contribution in [-0.4, -0.2) is 31.7 Å². The highest BCUT2D eigenvalue weighted by atomic mass is 16.5. The van der Waals surface area contributed by atoms with E-state index in [-0.39, 0.29) is 18.4 Å². The molecular formula is C45H59NO6. The van der Waals surface area contributed by atoms with Crippen molar-refractivity contribution in [3.8, 4) is 28.4 Å². The minimum atomic E-state index is -0.449. The van der Waals surface area contributed by atoms with Gasteiger partial charge >= 0.3 is 11.9 Å². The molecule has 3 aromatic carbocycles. The lowest BCUT2D eigenvalue weighted by Gasteiger charge is -2.16. The van der Waals surface area contributed by atoms with Gasteiger partial charge in [-0.05, 0) is 103 Å². The van der Waals surface area contributed by atoms with Crippen LogP contribution < -0.4 is 19.9 Å². The first-order valence-electron chi connectivity index (χ1n) is 19.5. The Labute approximate surface area is 311 Å². The van der Waals surface area contributed by atoms with E-state index in [2.05, 4.69) is 19.1 Å². The predicted octanol–water partition coefficient (Wildman–Crippen LogP) is 11.0. The maximum Gasteiger partial charge on any atom is 0.314 e. The third-order valence-electron chi connectivity index (χ3n) is 9.41. The van der Waals surface area contributed by atoms with Crippen molar-refractivity contribution < 1.29 is 28.5 Å². The van der Waals surface area contributed by atoms with Gasteiger partial charge in [0.1, 0.15) is 23.0 Å². The lowest BCUT2D eigenvalue weighted by atomic mass is 9.96. The number of allylic oxidation sites excluding steroid dienone is 4. The summed E-state index contributed by atoms with van der Waals surface area (Å²) in [5.41, 5.74) is 9.96. The van der Waals surface area contributed by atoms with E-state index in [1.807, 2.05) is 60.7 Å². The molecule has 2 N–H and O–H groups in total. The van der Waals surface area contributed by atoms with Crippen LogP contribution in [-0.2, 0) is 14.3 Å². The highest BCUT2D eigenvalue weighted by Gasteiger charge is 2.19. The number of ether oxygens (including phenoxy) is 4. The number of benzene rings is 3. The summed E-state index contributed by atoms with van der Waals surface area (Å²) in [6, 6.07) is 23.7. The molecule has 4 rings (SSSR count). The van der Waals surface area contributed by atoms with Crippen LogP contribution in [0.5, 0.6) is 17.2 Å².